The second-order valence-electron chi connectivity index (χ2n) is 7.89. The van der Waals surface area contributed by atoms with Crippen molar-refractivity contribution in [3.8, 4) is 5.75 Å². The summed E-state index contributed by atoms with van der Waals surface area (Å²) in [6.45, 7) is 5.81. The van der Waals surface area contributed by atoms with Gasteiger partial charge >= 0.3 is 6.03 Å². The number of nitrogens with zero attached hydrogens (tertiary/aromatic N) is 2. The Morgan fingerprint density at radius 1 is 1.07 bits per heavy atom. The molecule has 0 unspecified atom stereocenters. The summed E-state index contributed by atoms with van der Waals surface area (Å²) < 4.78 is 5.41. The van der Waals surface area contributed by atoms with Crippen LogP contribution >= 0.6 is 0 Å². The summed E-state index contributed by atoms with van der Waals surface area (Å²) in [4.78, 5) is 19.4. The Balaban J connectivity index is 1.41. The normalized spacial score (nSPS) is 14.6. The highest BCUT2D eigenvalue weighted by Gasteiger charge is 2.22. The first kappa shape index (κ1) is 20.0. The second-order valence-corrected chi connectivity index (χ2v) is 7.89. The Bertz CT molecular complexity index is 1040. The molecule has 0 bridgehead atoms. The van der Waals surface area contributed by atoms with Gasteiger partial charge in [-0.25, -0.2) is 4.79 Å². The minimum absolute atomic E-state index is 0.146. The number of piperidine rings is 1. The average molecular weight is 405 g/mol. The molecular weight excluding hydrogens is 376 g/mol. The monoisotopic (exact) mass is 404 g/mol. The van der Waals surface area contributed by atoms with E-state index in [9.17, 15) is 4.79 Å². The number of carbonyl (C=O) groups is 1. The molecule has 0 atom stereocenters. The minimum atomic E-state index is -0.146. The number of pyridine rings is 1. The van der Waals surface area contributed by atoms with Gasteiger partial charge < -0.3 is 20.3 Å². The molecule has 1 aliphatic rings. The molecule has 6 heteroatoms. The molecule has 0 saturated carbocycles. The number of urea groups is 1. The Kier molecular flexibility index (Phi) is 5.74. The molecule has 2 amide bonds. The average Bonchev–Trinajstić information content (AvgIpc) is 2.75. The number of ether oxygens (including phenoxy) is 1. The number of carbonyl (C=O) groups excluding carboxylic acids is 1. The molecule has 0 radical (unpaired) electrons. The van der Waals surface area contributed by atoms with Crippen LogP contribution < -0.4 is 20.3 Å². The maximum Gasteiger partial charge on any atom is 0.319 e. The first-order valence-corrected chi connectivity index (χ1v) is 10.4. The predicted octanol–water partition coefficient (Wildman–Crippen LogP) is 4.65. The predicted molar refractivity (Wildman–Crippen MR) is 122 cm³/mol. The standard InChI is InChI=1S/C24H28N4O2/c1-16-4-6-18(7-5-16)26-24(29)27-19-10-12-28(13-11-19)23-14-17(2)25-22-9-8-20(30-3)15-21(22)23/h4-9,14-15,19H,10-13H2,1-3H3,(H2,26,27,29). The van der Waals surface area contributed by atoms with E-state index in [1.165, 1.54) is 11.3 Å². The third-order valence-corrected chi connectivity index (χ3v) is 5.60. The van der Waals surface area contributed by atoms with Gasteiger partial charge in [0.05, 0.1) is 12.6 Å². The van der Waals surface area contributed by atoms with Crippen molar-refractivity contribution in [2.24, 2.45) is 0 Å². The van der Waals surface area contributed by atoms with E-state index in [0.29, 0.717) is 0 Å². The summed E-state index contributed by atoms with van der Waals surface area (Å²) in [5.41, 5.74) is 5.14. The summed E-state index contributed by atoms with van der Waals surface area (Å²) in [5.74, 6) is 0.832. The third-order valence-electron chi connectivity index (χ3n) is 5.60. The lowest BCUT2D eigenvalue weighted by Gasteiger charge is -2.34. The van der Waals surface area contributed by atoms with E-state index in [2.05, 4.69) is 32.7 Å². The van der Waals surface area contributed by atoms with Crippen molar-refractivity contribution in [2.45, 2.75) is 32.7 Å². The molecule has 2 N–H and O–H groups in total. The van der Waals surface area contributed by atoms with Crippen molar-refractivity contribution in [1.29, 1.82) is 0 Å². The van der Waals surface area contributed by atoms with Gasteiger partial charge in [-0.1, -0.05) is 17.7 Å². The number of aromatic nitrogens is 1. The van der Waals surface area contributed by atoms with Crippen molar-refractivity contribution >= 4 is 28.3 Å². The van der Waals surface area contributed by atoms with Crippen LogP contribution in [0.5, 0.6) is 5.75 Å². The quantitative estimate of drug-likeness (QED) is 0.664. The first-order chi connectivity index (χ1) is 14.5. The third kappa shape index (κ3) is 4.48. The van der Waals surface area contributed by atoms with Crippen molar-refractivity contribution in [1.82, 2.24) is 10.3 Å². The van der Waals surface area contributed by atoms with Crippen LogP contribution in [-0.4, -0.2) is 37.3 Å². The topological polar surface area (TPSA) is 66.5 Å². The van der Waals surface area contributed by atoms with Crippen LogP contribution in [0.15, 0.2) is 48.5 Å². The van der Waals surface area contributed by atoms with E-state index in [1.54, 1.807) is 7.11 Å². The molecule has 0 aliphatic carbocycles. The van der Waals surface area contributed by atoms with Gasteiger partial charge in [-0.15, -0.1) is 0 Å². The van der Waals surface area contributed by atoms with Crippen LogP contribution in [-0.2, 0) is 0 Å². The van der Waals surface area contributed by atoms with Crippen LogP contribution in [0.1, 0.15) is 24.1 Å². The number of hydrogen-bond acceptors (Lipinski definition) is 4. The number of fused-ring (bicyclic) bond motifs is 1. The molecule has 2 heterocycles. The van der Waals surface area contributed by atoms with Gasteiger partial charge in [-0.2, -0.15) is 0 Å². The minimum Gasteiger partial charge on any atom is -0.497 e. The zero-order chi connectivity index (χ0) is 21.1. The van der Waals surface area contributed by atoms with Gasteiger partial charge in [0.15, 0.2) is 0 Å². The number of rotatable bonds is 4. The lowest BCUT2D eigenvalue weighted by Crippen LogP contribution is -2.46. The van der Waals surface area contributed by atoms with Gasteiger partial charge in [0.2, 0.25) is 0 Å². The number of aryl methyl sites for hydroxylation is 2. The molecule has 1 aromatic heterocycles. The molecule has 1 fully saturated rings. The molecule has 2 aromatic carbocycles. The highest BCUT2D eigenvalue weighted by atomic mass is 16.5. The van der Waals surface area contributed by atoms with Crippen LogP contribution in [0.2, 0.25) is 0 Å². The molecule has 1 saturated heterocycles. The Labute approximate surface area is 177 Å². The number of hydrogen-bond donors (Lipinski definition) is 2. The van der Waals surface area contributed by atoms with E-state index >= 15 is 0 Å². The van der Waals surface area contributed by atoms with E-state index in [4.69, 9.17) is 4.74 Å². The summed E-state index contributed by atoms with van der Waals surface area (Å²) in [7, 11) is 1.68. The van der Waals surface area contributed by atoms with Gasteiger partial charge in [0, 0.05) is 41.6 Å². The van der Waals surface area contributed by atoms with Crippen LogP contribution in [0.25, 0.3) is 10.9 Å². The van der Waals surface area contributed by atoms with Crippen molar-refractivity contribution < 1.29 is 9.53 Å². The first-order valence-electron chi connectivity index (χ1n) is 10.4. The summed E-state index contributed by atoms with van der Waals surface area (Å²) in [5, 5.41) is 7.13. The van der Waals surface area contributed by atoms with Gasteiger partial charge in [-0.3, -0.25) is 4.98 Å². The molecule has 156 valence electrons. The van der Waals surface area contributed by atoms with E-state index in [-0.39, 0.29) is 12.1 Å². The van der Waals surface area contributed by atoms with Gasteiger partial charge in [-0.05, 0) is 63.1 Å². The summed E-state index contributed by atoms with van der Waals surface area (Å²) in [6, 6.07) is 16.0. The van der Waals surface area contributed by atoms with Gasteiger partial charge in [0.1, 0.15) is 5.75 Å². The van der Waals surface area contributed by atoms with Crippen molar-refractivity contribution in [2.75, 3.05) is 30.4 Å². The van der Waals surface area contributed by atoms with E-state index < -0.39 is 0 Å². The number of methoxy groups -OCH3 is 1. The smallest absolute Gasteiger partial charge is 0.319 e. The van der Waals surface area contributed by atoms with Crippen molar-refractivity contribution in [3.63, 3.8) is 0 Å². The van der Waals surface area contributed by atoms with Crippen LogP contribution in [0, 0.1) is 13.8 Å². The lowest BCUT2D eigenvalue weighted by molar-refractivity contribution is 0.246. The lowest BCUT2D eigenvalue weighted by atomic mass is 10.0. The Hall–Kier alpha value is -3.28. The molecule has 6 nitrogen and oxygen atoms in total. The van der Waals surface area contributed by atoms with Crippen molar-refractivity contribution in [3.05, 3.63) is 59.8 Å². The SMILES string of the molecule is COc1ccc2nc(C)cc(N3CCC(NC(=O)Nc4ccc(C)cc4)CC3)c2c1. The zero-order valence-corrected chi connectivity index (χ0v) is 17.7. The number of anilines is 2. The fourth-order valence-electron chi connectivity index (χ4n) is 3.96. The molecular formula is C24H28N4O2. The van der Waals surface area contributed by atoms with Crippen LogP contribution in [0.4, 0.5) is 16.2 Å². The maximum absolute atomic E-state index is 12.3. The summed E-state index contributed by atoms with van der Waals surface area (Å²) in [6.07, 6.45) is 1.79. The Morgan fingerprint density at radius 2 is 1.80 bits per heavy atom. The fraction of sp³-hybridized carbons (Fsp3) is 0.333. The number of amides is 2. The van der Waals surface area contributed by atoms with E-state index in [1.807, 2.05) is 50.2 Å². The molecule has 3 aromatic rings. The molecule has 4 rings (SSSR count). The van der Waals surface area contributed by atoms with E-state index in [0.717, 1.165) is 54.0 Å². The molecule has 1 aliphatic heterocycles. The number of nitrogens with one attached hydrogen (secondary N) is 2. The second kappa shape index (κ2) is 8.61. The summed E-state index contributed by atoms with van der Waals surface area (Å²) >= 11 is 0. The highest BCUT2D eigenvalue weighted by Crippen LogP contribution is 2.31. The molecule has 30 heavy (non-hydrogen) atoms. The number of benzene rings is 2. The maximum atomic E-state index is 12.3. The highest BCUT2D eigenvalue weighted by molar-refractivity contribution is 5.93. The largest absolute Gasteiger partial charge is 0.497 e. The zero-order valence-electron chi connectivity index (χ0n) is 17.7. The van der Waals surface area contributed by atoms with Crippen LogP contribution in [0.3, 0.4) is 0 Å². The Morgan fingerprint density at radius 3 is 2.50 bits per heavy atom. The fourth-order valence-corrected chi connectivity index (χ4v) is 3.96. The molecule has 0 spiro atoms. The van der Waals surface area contributed by atoms with Gasteiger partial charge in [0.25, 0.3) is 0 Å².